The van der Waals surface area contributed by atoms with Gasteiger partial charge in [-0.3, -0.25) is 0 Å². The number of rotatable bonds is 5. The largest absolute Gasteiger partial charge is 0.382 e. The second-order valence-electron chi connectivity index (χ2n) is 8.20. The van der Waals surface area contributed by atoms with Crippen LogP contribution in [0.1, 0.15) is 48.5 Å². The van der Waals surface area contributed by atoms with Gasteiger partial charge in [0, 0.05) is 0 Å². The highest BCUT2D eigenvalue weighted by atomic mass is 31.1. The average Bonchev–Trinajstić information content (AvgIpc) is 2.80. The zero-order valence-electron chi connectivity index (χ0n) is 15.9. The van der Waals surface area contributed by atoms with Crippen LogP contribution in [-0.2, 0) is 11.3 Å². The van der Waals surface area contributed by atoms with Crippen molar-refractivity contribution >= 4 is 24.9 Å². The van der Waals surface area contributed by atoms with E-state index < -0.39 is 0 Å². The highest BCUT2D eigenvalue weighted by molar-refractivity contribution is 7.60. The van der Waals surface area contributed by atoms with Crippen molar-refractivity contribution in [1.82, 2.24) is 19.5 Å². The quantitative estimate of drug-likeness (QED) is 0.828. The molecule has 0 aliphatic rings. The zero-order valence-corrected chi connectivity index (χ0v) is 16.8. The van der Waals surface area contributed by atoms with Crippen LogP contribution in [0, 0.1) is 0 Å². The molecule has 0 fully saturated rings. The van der Waals surface area contributed by atoms with Gasteiger partial charge in [0.2, 0.25) is 0 Å². The molecule has 0 aliphatic carbocycles. The molecular weight excluding hydrogens is 321 g/mol. The first-order valence-electron chi connectivity index (χ1n) is 8.31. The first-order valence-corrected chi connectivity index (χ1v) is 9.83. The van der Waals surface area contributed by atoms with E-state index in [1.54, 1.807) is 6.33 Å². The molecular formula is C17H30N5OP. The summed E-state index contributed by atoms with van der Waals surface area (Å²) < 4.78 is 8.20. The fraction of sp³-hybridized carbons (Fsp3) is 0.706. The lowest BCUT2D eigenvalue weighted by Crippen LogP contribution is -2.29. The van der Waals surface area contributed by atoms with E-state index in [-0.39, 0.29) is 24.3 Å². The van der Waals surface area contributed by atoms with Crippen molar-refractivity contribution in [1.29, 1.82) is 0 Å². The minimum Gasteiger partial charge on any atom is -0.382 e. The van der Waals surface area contributed by atoms with Crippen molar-refractivity contribution < 1.29 is 4.74 Å². The van der Waals surface area contributed by atoms with Crippen LogP contribution in [0.3, 0.4) is 0 Å². The van der Waals surface area contributed by atoms with Crippen LogP contribution in [0.25, 0.3) is 11.2 Å². The Morgan fingerprint density at radius 2 is 1.75 bits per heavy atom. The van der Waals surface area contributed by atoms with Crippen molar-refractivity contribution in [2.24, 2.45) is 0 Å². The molecule has 0 unspecified atom stereocenters. The third-order valence-corrected chi connectivity index (χ3v) is 7.64. The maximum atomic E-state index is 6.22. The molecule has 2 rings (SSSR count). The Balaban J connectivity index is 2.04. The number of nitrogens with two attached hydrogens (primary N) is 1. The van der Waals surface area contributed by atoms with Crippen LogP contribution in [0.5, 0.6) is 0 Å². The molecule has 0 saturated carbocycles. The topological polar surface area (TPSA) is 78.9 Å². The third-order valence-electron chi connectivity index (χ3n) is 3.99. The zero-order chi connectivity index (χ0) is 18.1. The van der Waals surface area contributed by atoms with E-state index in [9.17, 15) is 0 Å². The molecule has 1 atom stereocenters. The Hall–Kier alpha value is -1.26. The van der Waals surface area contributed by atoms with Crippen LogP contribution < -0.4 is 5.73 Å². The Morgan fingerprint density at radius 1 is 1.12 bits per heavy atom. The second kappa shape index (κ2) is 6.93. The summed E-state index contributed by atoms with van der Waals surface area (Å²) in [5, 5.41) is 0.521. The van der Waals surface area contributed by atoms with Gasteiger partial charge < -0.3 is 15.0 Å². The van der Waals surface area contributed by atoms with Crippen molar-refractivity contribution in [2.75, 3.05) is 12.1 Å². The maximum Gasteiger partial charge on any atom is 0.165 e. The van der Waals surface area contributed by atoms with E-state index in [2.05, 4.69) is 63.4 Å². The Morgan fingerprint density at radius 3 is 2.33 bits per heavy atom. The summed E-state index contributed by atoms with van der Waals surface area (Å²) in [5.41, 5.74) is 7.24. The third kappa shape index (κ3) is 4.42. The molecule has 0 aromatic carbocycles. The fourth-order valence-electron chi connectivity index (χ4n) is 2.96. The number of imidazole rings is 1. The maximum absolute atomic E-state index is 6.22. The first kappa shape index (κ1) is 19.1. The van der Waals surface area contributed by atoms with Gasteiger partial charge in [0.15, 0.2) is 11.5 Å². The van der Waals surface area contributed by atoms with E-state index in [4.69, 9.17) is 10.5 Å². The highest BCUT2D eigenvalue weighted by Gasteiger charge is 2.34. The van der Waals surface area contributed by atoms with E-state index in [0.29, 0.717) is 17.9 Å². The molecule has 2 heterocycles. The smallest absolute Gasteiger partial charge is 0.165 e. The second-order valence-corrected chi connectivity index (χ2v) is 12.0. The lowest BCUT2D eigenvalue weighted by Gasteiger charge is -2.41. The molecule has 2 N–H and O–H groups in total. The predicted octanol–water partition coefficient (Wildman–Crippen LogP) is 3.85. The summed E-state index contributed by atoms with van der Waals surface area (Å²) in [6.45, 7) is 16.6. The van der Waals surface area contributed by atoms with Crippen molar-refractivity contribution in [2.45, 2.75) is 71.4 Å². The molecule has 2 aromatic rings. The van der Waals surface area contributed by atoms with Crippen molar-refractivity contribution in [3.63, 3.8) is 0 Å². The summed E-state index contributed by atoms with van der Waals surface area (Å²) in [5.74, 6) is 0.413. The molecule has 0 saturated heterocycles. The SMILES string of the molecule is C[C@H](Cn1cnc2c(N)ncnc21)OCP(C(C)(C)C)C(C)(C)C. The number of hydrogen-bond acceptors (Lipinski definition) is 5. The Bertz CT molecular complexity index is 672. The van der Waals surface area contributed by atoms with E-state index in [0.717, 1.165) is 12.0 Å². The summed E-state index contributed by atoms with van der Waals surface area (Å²) in [7, 11) is -0.271. The van der Waals surface area contributed by atoms with Crippen molar-refractivity contribution in [3.05, 3.63) is 12.7 Å². The standard InChI is InChI=1S/C17H30N5OP/c1-12(23-11-24(16(2,3)4)17(5,6)7)8-22-10-21-13-14(18)19-9-20-15(13)22/h9-10,12H,8,11H2,1-7H3,(H2,18,19,20)/t12-/m1/s1. The number of aromatic nitrogens is 4. The lowest BCUT2D eigenvalue weighted by atomic mass is 10.2. The summed E-state index contributed by atoms with van der Waals surface area (Å²) in [4.78, 5) is 12.6. The van der Waals surface area contributed by atoms with Gasteiger partial charge in [0.05, 0.1) is 25.3 Å². The summed E-state index contributed by atoms with van der Waals surface area (Å²) >= 11 is 0. The minimum absolute atomic E-state index is 0.0771. The molecule has 0 radical (unpaired) electrons. The minimum atomic E-state index is -0.271. The Kier molecular flexibility index (Phi) is 5.50. The van der Waals surface area contributed by atoms with Crippen LogP contribution in [0.15, 0.2) is 12.7 Å². The first-order chi connectivity index (χ1) is 11.0. The van der Waals surface area contributed by atoms with Gasteiger partial charge >= 0.3 is 0 Å². The predicted molar refractivity (Wildman–Crippen MR) is 102 cm³/mol. The molecule has 2 aromatic heterocycles. The average molecular weight is 351 g/mol. The number of hydrogen-bond donors (Lipinski definition) is 1. The van der Waals surface area contributed by atoms with Gasteiger partial charge in [0.1, 0.15) is 11.8 Å². The van der Waals surface area contributed by atoms with Gasteiger partial charge in [-0.2, -0.15) is 0 Å². The van der Waals surface area contributed by atoms with Crippen LogP contribution in [-0.4, -0.2) is 42.3 Å². The fourth-order valence-corrected chi connectivity index (χ4v) is 6.15. The molecule has 0 bridgehead atoms. The van der Waals surface area contributed by atoms with E-state index in [1.807, 2.05) is 4.57 Å². The molecule has 0 spiro atoms. The van der Waals surface area contributed by atoms with Gasteiger partial charge in [0.25, 0.3) is 0 Å². The number of nitrogens with zero attached hydrogens (tertiary/aromatic N) is 4. The molecule has 134 valence electrons. The number of fused-ring (bicyclic) bond motifs is 1. The lowest BCUT2D eigenvalue weighted by molar-refractivity contribution is 0.0877. The van der Waals surface area contributed by atoms with Crippen molar-refractivity contribution in [3.8, 4) is 0 Å². The van der Waals surface area contributed by atoms with E-state index >= 15 is 0 Å². The molecule has 6 nitrogen and oxygen atoms in total. The highest BCUT2D eigenvalue weighted by Crippen LogP contribution is 2.59. The number of ether oxygens (including phenoxy) is 1. The molecule has 0 aliphatic heterocycles. The monoisotopic (exact) mass is 351 g/mol. The van der Waals surface area contributed by atoms with Gasteiger partial charge in [-0.15, -0.1) is 0 Å². The Labute approximate surface area is 146 Å². The van der Waals surface area contributed by atoms with Gasteiger partial charge in [-0.1, -0.05) is 49.5 Å². The number of nitrogen functional groups attached to an aromatic ring is 1. The number of anilines is 1. The normalized spacial score (nSPS) is 14.5. The van der Waals surface area contributed by atoms with Crippen LogP contribution in [0.4, 0.5) is 5.82 Å². The van der Waals surface area contributed by atoms with Crippen LogP contribution >= 0.6 is 7.92 Å². The molecule has 24 heavy (non-hydrogen) atoms. The molecule has 0 amide bonds. The molecule has 7 heteroatoms. The van der Waals surface area contributed by atoms with Gasteiger partial charge in [-0.05, 0) is 17.2 Å². The van der Waals surface area contributed by atoms with Gasteiger partial charge in [-0.25, -0.2) is 15.0 Å². The summed E-state index contributed by atoms with van der Waals surface area (Å²) in [6, 6.07) is 0. The van der Waals surface area contributed by atoms with E-state index in [1.165, 1.54) is 6.33 Å². The van der Waals surface area contributed by atoms with Crippen LogP contribution in [0.2, 0.25) is 0 Å². The summed E-state index contributed by atoms with van der Waals surface area (Å²) in [6.07, 6.45) is 4.10.